The minimum absolute atomic E-state index is 0.192. The Morgan fingerprint density at radius 2 is 2.15 bits per heavy atom. The van der Waals surface area contributed by atoms with Crippen molar-refractivity contribution in [1.82, 2.24) is 5.32 Å². The van der Waals surface area contributed by atoms with Gasteiger partial charge in [0.15, 0.2) is 5.11 Å². The number of rotatable bonds is 4. The molecule has 2 N–H and O–H groups in total. The Balaban J connectivity index is 1.67. The molecule has 1 atom stereocenters. The lowest BCUT2D eigenvalue weighted by molar-refractivity contribution is 0.0977. The van der Waals surface area contributed by atoms with Crippen molar-refractivity contribution in [3.8, 4) is 11.8 Å². The number of nitriles is 1. The molecule has 1 aromatic heterocycles. The predicted octanol–water partition coefficient (Wildman–Crippen LogP) is 4.27. The highest BCUT2D eigenvalue weighted by atomic mass is 32.1. The van der Waals surface area contributed by atoms with Crippen LogP contribution in [-0.4, -0.2) is 17.6 Å². The van der Waals surface area contributed by atoms with Crippen molar-refractivity contribution in [3.63, 3.8) is 0 Å². The number of thiocarbonyl (C=S) groups is 1. The molecule has 140 valence electrons. The number of carbonyl (C=O) groups is 1. The highest BCUT2D eigenvalue weighted by Crippen LogP contribution is 2.39. The SMILES string of the molecule is CCOc1ccc(C(=O)NC(=S)Nc2sc3c(c2C#N)CC[C@H](C)C3)cc1. The van der Waals surface area contributed by atoms with Crippen LogP contribution in [0.4, 0.5) is 5.00 Å². The van der Waals surface area contributed by atoms with Crippen molar-refractivity contribution in [2.45, 2.75) is 33.1 Å². The van der Waals surface area contributed by atoms with Gasteiger partial charge in [0.25, 0.3) is 5.91 Å². The zero-order valence-electron chi connectivity index (χ0n) is 15.3. The van der Waals surface area contributed by atoms with Gasteiger partial charge >= 0.3 is 0 Å². The molecular weight excluding hydrogens is 378 g/mol. The zero-order chi connectivity index (χ0) is 19.4. The summed E-state index contributed by atoms with van der Waals surface area (Å²) in [6, 6.07) is 9.16. The Morgan fingerprint density at radius 1 is 1.41 bits per heavy atom. The van der Waals surface area contributed by atoms with Gasteiger partial charge in [-0.25, -0.2) is 0 Å². The first kappa shape index (κ1) is 19.3. The van der Waals surface area contributed by atoms with Gasteiger partial charge < -0.3 is 10.1 Å². The van der Waals surface area contributed by atoms with Gasteiger partial charge in [-0.2, -0.15) is 5.26 Å². The lowest BCUT2D eigenvalue weighted by atomic mass is 9.89. The first-order chi connectivity index (χ1) is 13.0. The minimum atomic E-state index is -0.302. The van der Waals surface area contributed by atoms with Crippen LogP contribution in [0.1, 0.15) is 46.6 Å². The number of hydrogen-bond donors (Lipinski definition) is 2. The normalized spacial score (nSPS) is 15.4. The van der Waals surface area contributed by atoms with Crippen LogP contribution in [-0.2, 0) is 12.8 Å². The largest absolute Gasteiger partial charge is 0.494 e. The van der Waals surface area contributed by atoms with Gasteiger partial charge in [-0.15, -0.1) is 11.3 Å². The fraction of sp³-hybridized carbons (Fsp3) is 0.350. The summed E-state index contributed by atoms with van der Waals surface area (Å²) in [5, 5.41) is 16.2. The van der Waals surface area contributed by atoms with Crippen LogP contribution < -0.4 is 15.4 Å². The molecule has 1 aliphatic rings. The number of thiophene rings is 1. The molecule has 1 amide bonds. The number of ether oxygens (including phenoxy) is 1. The Kier molecular flexibility index (Phi) is 6.09. The van der Waals surface area contributed by atoms with E-state index in [4.69, 9.17) is 17.0 Å². The van der Waals surface area contributed by atoms with E-state index in [2.05, 4.69) is 23.6 Å². The summed E-state index contributed by atoms with van der Waals surface area (Å²) in [5.41, 5.74) is 2.27. The molecule has 5 nitrogen and oxygen atoms in total. The average Bonchev–Trinajstić information content (AvgIpc) is 2.98. The molecule has 7 heteroatoms. The van der Waals surface area contributed by atoms with E-state index in [1.807, 2.05) is 6.92 Å². The number of nitrogens with zero attached hydrogens (tertiary/aromatic N) is 1. The molecule has 0 saturated heterocycles. The second-order valence-corrected chi connectivity index (χ2v) is 8.05. The van der Waals surface area contributed by atoms with Crippen molar-refractivity contribution in [2.24, 2.45) is 5.92 Å². The molecule has 0 aliphatic heterocycles. The van der Waals surface area contributed by atoms with Crippen LogP contribution in [0.2, 0.25) is 0 Å². The molecule has 0 unspecified atom stereocenters. The third-order valence-electron chi connectivity index (χ3n) is 4.51. The Labute approximate surface area is 168 Å². The van der Waals surface area contributed by atoms with Crippen LogP contribution in [0.25, 0.3) is 0 Å². The summed E-state index contributed by atoms with van der Waals surface area (Å²) in [6.45, 7) is 4.71. The Bertz CT molecular complexity index is 897. The second kappa shape index (κ2) is 8.51. The van der Waals surface area contributed by atoms with Crippen LogP contribution in [0.5, 0.6) is 5.75 Å². The lowest BCUT2D eigenvalue weighted by Gasteiger charge is -2.17. The van der Waals surface area contributed by atoms with Crippen molar-refractivity contribution in [2.75, 3.05) is 11.9 Å². The van der Waals surface area contributed by atoms with Crippen LogP contribution >= 0.6 is 23.6 Å². The van der Waals surface area contributed by atoms with Crippen LogP contribution in [0.3, 0.4) is 0 Å². The van der Waals surface area contributed by atoms with E-state index in [0.717, 1.165) is 24.8 Å². The number of hydrogen-bond acceptors (Lipinski definition) is 5. The van der Waals surface area contributed by atoms with E-state index in [-0.39, 0.29) is 11.0 Å². The van der Waals surface area contributed by atoms with Gasteiger partial charge in [-0.3, -0.25) is 10.1 Å². The maximum absolute atomic E-state index is 12.4. The molecule has 1 aliphatic carbocycles. The van der Waals surface area contributed by atoms with Gasteiger partial charge in [-0.1, -0.05) is 6.92 Å². The molecule has 0 radical (unpaired) electrons. The van der Waals surface area contributed by atoms with Crippen molar-refractivity contribution in [1.29, 1.82) is 5.26 Å². The number of carbonyl (C=O) groups excluding carboxylic acids is 1. The highest BCUT2D eigenvalue weighted by molar-refractivity contribution is 7.80. The smallest absolute Gasteiger partial charge is 0.257 e. The number of nitrogens with one attached hydrogen (secondary N) is 2. The average molecular weight is 400 g/mol. The predicted molar refractivity (Wildman–Crippen MR) is 112 cm³/mol. The molecule has 2 aromatic rings. The highest BCUT2D eigenvalue weighted by Gasteiger charge is 2.24. The van der Waals surface area contributed by atoms with Gasteiger partial charge in [-0.05, 0) is 74.2 Å². The first-order valence-corrected chi connectivity index (χ1v) is 10.1. The molecule has 3 rings (SSSR count). The maximum Gasteiger partial charge on any atom is 0.257 e. The summed E-state index contributed by atoms with van der Waals surface area (Å²) >= 11 is 6.84. The quantitative estimate of drug-likeness (QED) is 0.751. The molecular formula is C20H21N3O2S2. The molecule has 0 spiro atoms. The summed E-state index contributed by atoms with van der Waals surface area (Å²) in [6.07, 6.45) is 3.00. The lowest BCUT2D eigenvalue weighted by Crippen LogP contribution is -2.34. The van der Waals surface area contributed by atoms with Crippen molar-refractivity contribution < 1.29 is 9.53 Å². The third kappa shape index (κ3) is 4.46. The van der Waals surface area contributed by atoms with Crippen LogP contribution in [0, 0.1) is 17.2 Å². The van der Waals surface area contributed by atoms with Gasteiger partial charge in [0.1, 0.15) is 16.8 Å². The first-order valence-electron chi connectivity index (χ1n) is 8.91. The van der Waals surface area contributed by atoms with Crippen LogP contribution in [0.15, 0.2) is 24.3 Å². The number of benzene rings is 1. The Hall–Kier alpha value is -2.43. The fourth-order valence-corrected chi connectivity index (χ4v) is 4.76. The molecule has 27 heavy (non-hydrogen) atoms. The molecule has 0 fully saturated rings. The number of anilines is 1. The number of fused-ring (bicyclic) bond motifs is 1. The fourth-order valence-electron chi connectivity index (χ4n) is 3.14. The standard InChI is InChI=1S/C20H21N3O2S2/c1-3-25-14-7-5-13(6-8-14)18(24)22-20(26)23-19-16(11-21)15-9-4-12(2)10-17(15)27-19/h5-8,12H,3-4,9-10H2,1-2H3,(H2,22,23,24,26)/t12-/m0/s1. The van der Waals surface area contributed by atoms with Gasteiger partial charge in [0, 0.05) is 10.4 Å². The second-order valence-electron chi connectivity index (χ2n) is 6.53. The summed E-state index contributed by atoms with van der Waals surface area (Å²) in [4.78, 5) is 13.6. The molecule has 1 aromatic carbocycles. The summed E-state index contributed by atoms with van der Waals surface area (Å²) in [7, 11) is 0. The topological polar surface area (TPSA) is 74.2 Å². The molecule has 0 bridgehead atoms. The summed E-state index contributed by atoms with van der Waals surface area (Å²) < 4.78 is 5.37. The van der Waals surface area contributed by atoms with Gasteiger partial charge in [0.05, 0.1) is 12.2 Å². The van der Waals surface area contributed by atoms with E-state index in [9.17, 15) is 10.1 Å². The maximum atomic E-state index is 12.4. The van der Waals surface area contributed by atoms with Gasteiger partial charge in [0.2, 0.25) is 0 Å². The number of amides is 1. The van der Waals surface area contributed by atoms with E-state index < -0.39 is 0 Å². The molecule has 1 heterocycles. The Morgan fingerprint density at radius 3 is 2.81 bits per heavy atom. The minimum Gasteiger partial charge on any atom is -0.494 e. The van der Waals surface area contributed by atoms with Crippen molar-refractivity contribution in [3.05, 3.63) is 45.8 Å². The molecule has 0 saturated carbocycles. The third-order valence-corrected chi connectivity index (χ3v) is 5.88. The van der Waals surface area contributed by atoms with E-state index >= 15 is 0 Å². The monoisotopic (exact) mass is 399 g/mol. The summed E-state index contributed by atoms with van der Waals surface area (Å²) in [5.74, 6) is 1.04. The van der Waals surface area contributed by atoms with E-state index in [1.54, 1.807) is 35.6 Å². The van der Waals surface area contributed by atoms with E-state index in [0.29, 0.717) is 34.4 Å². The van der Waals surface area contributed by atoms with E-state index in [1.165, 1.54) is 4.88 Å². The van der Waals surface area contributed by atoms with Crippen molar-refractivity contribution >= 4 is 39.6 Å². The zero-order valence-corrected chi connectivity index (χ0v) is 16.9.